The van der Waals surface area contributed by atoms with Crippen LogP contribution in [0, 0.1) is 62.1 Å². The van der Waals surface area contributed by atoms with E-state index >= 15 is 0 Å². The predicted molar refractivity (Wildman–Crippen MR) is 150 cm³/mol. The molecule has 7 atom stereocenters. The van der Waals surface area contributed by atoms with Crippen molar-refractivity contribution in [2.24, 2.45) is 55.7 Å². The number of hydrogen-bond donors (Lipinski definition) is 0. The first-order chi connectivity index (χ1) is 16.8. The molecule has 3 nitrogen and oxygen atoms in total. The zero-order valence-electron chi connectivity index (χ0n) is 24.8. The van der Waals surface area contributed by atoms with Crippen LogP contribution in [-0.2, 0) is 4.79 Å². The Bertz CT molecular complexity index is 996. The lowest BCUT2D eigenvalue weighted by atomic mass is 9.37. The quantitative estimate of drug-likeness (QED) is 0.368. The van der Waals surface area contributed by atoms with E-state index in [1.165, 1.54) is 64.0 Å². The summed E-state index contributed by atoms with van der Waals surface area (Å²) in [5.74, 6) is 3.06. The highest BCUT2D eigenvalue weighted by molar-refractivity contribution is 5.99. The van der Waals surface area contributed by atoms with Gasteiger partial charge in [-0.25, -0.2) is 0 Å². The number of nitrogens with zero attached hydrogens (tertiary/aromatic N) is 2. The number of carbonyl (C=O) groups is 1. The summed E-state index contributed by atoms with van der Waals surface area (Å²) >= 11 is 0. The third-order valence-electron chi connectivity index (χ3n) is 12.5. The topological polar surface area (TPSA) is 53.2 Å². The first kappa shape index (κ1) is 27.6. The van der Waals surface area contributed by atoms with Crippen LogP contribution >= 0.6 is 0 Å². The van der Waals surface area contributed by atoms with E-state index in [1.54, 1.807) is 11.6 Å². The fraction of sp³-hybridized carbons (Fsp3) is 0.848. The Hall–Kier alpha value is -1.43. The third kappa shape index (κ3) is 3.87. The minimum atomic E-state index is -0.202. The van der Waals surface area contributed by atoms with Gasteiger partial charge in [0.25, 0.3) is 0 Å². The number of aliphatic imine (C=N–C) groups is 1. The number of nitriles is 1. The van der Waals surface area contributed by atoms with Crippen molar-refractivity contribution >= 4 is 11.5 Å². The number of hydrogen-bond acceptors (Lipinski definition) is 3. The molecule has 0 radical (unpaired) electrons. The summed E-state index contributed by atoms with van der Waals surface area (Å²) in [5.41, 5.74) is 4.25. The number of allylic oxidation sites excluding steroid dienone is 2. The number of carbonyl (C=O) groups excluding carboxylic acids is 1. The Labute approximate surface area is 221 Å². The molecular formula is C33H52N2O. The third-order valence-corrected chi connectivity index (χ3v) is 12.5. The van der Waals surface area contributed by atoms with Gasteiger partial charge in [-0.2, -0.15) is 5.26 Å². The smallest absolute Gasteiger partial charge is 0.138 e. The highest BCUT2D eigenvalue weighted by Gasteiger charge is 2.64. The lowest BCUT2D eigenvalue weighted by Crippen LogP contribution is -2.61. The lowest BCUT2D eigenvalue weighted by molar-refractivity contribution is -0.144. The highest BCUT2D eigenvalue weighted by atomic mass is 16.1. The zero-order chi connectivity index (χ0) is 26.7. The van der Waals surface area contributed by atoms with Crippen LogP contribution in [0.1, 0.15) is 120 Å². The molecule has 0 heterocycles. The van der Waals surface area contributed by atoms with Gasteiger partial charge in [0.15, 0.2) is 0 Å². The van der Waals surface area contributed by atoms with Gasteiger partial charge in [0.2, 0.25) is 0 Å². The monoisotopic (exact) mass is 492 g/mol. The maximum absolute atomic E-state index is 12.9. The molecule has 4 saturated carbocycles. The molecule has 5 aliphatic rings. The molecule has 36 heavy (non-hydrogen) atoms. The molecule has 0 aromatic heterocycles. The van der Waals surface area contributed by atoms with Crippen LogP contribution in [-0.4, -0.2) is 18.5 Å². The Morgan fingerprint density at radius 2 is 1.64 bits per heavy atom. The van der Waals surface area contributed by atoms with Crippen LogP contribution in [0.25, 0.3) is 0 Å². The first-order valence-electron chi connectivity index (χ1n) is 14.8. The standard InChI is InChI=1S/C31H49NO.C2H3N/c1-9-31-15-10-20-26(21(31)19-27(2,3)16-17-31)22(32-8)18-24-29(20,6)13-11-23-28(4,5)25(33)12-14-30(23,24)7;1-2-3/h18,20-21,23,26H,9-17,19H2,1-8H3;1H3. The summed E-state index contributed by atoms with van der Waals surface area (Å²) in [6.45, 7) is 18.5. The summed E-state index contributed by atoms with van der Waals surface area (Å²) in [6, 6.07) is 1.75. The molecule has 0 amide bonds. The van der Waals surface area contributed by atoms with Crippen LogP contribution in [0.2, 0.25) is 0 Å². The van der Waals surface area contributed by atoms with Crippen LogP contribution in [0.4, 0.5) is 0 Å². The molecule has 0 N–H and O–H groups in total. The summed E-state index contributed by atoms with van der Waals surface area (Å²) in [5, 5.41) is 7.32. The predicted octanol–water partition coefficient (Wildman–Crippen LogP) is 8.59. The average Bonchev–Trinajstić information content (AvgIpc) is 2.81. The Morgan fingerprint density at radius 3 is 2.25 bits per heavy atom. The summed E-state index contributed by atoms with van der Waals surface area (Å²) in [7, 11) is 2.05. The molecule has 0 spiro atoms. The van der Waals surface area contributed by atoms with E-state index in [1.807, 2.05) is 0 Å². The Morgan fingerprint density at radius 1 is 0.972 bits per heavy atom. The highest BCUT2D eigenvalue weighted by Crippen LogP contribution is 2.71. The Kier molecular flexibility index (Phi) is 6.97. The van der Waals surface area contributed by atoms with Gasteiger partial charge in [0.05, 0.1) is 6.07 Å². The minimum Gasteiger partial charge on any atom is -0.299 e. The lowest BCUT2D eigenvalue weighted by Gasteiger charge is -2.66. The molecule has 0 aromatic rings. The van der Waals surface area contributed by atoms with Gasteiger partial charge >= 0.3 is 0 Å². The van der Waals surface area contributed by atoms with Gasteiger partial charge in [0.1, 0.15) is 5.78 Å². The van der Waals surface area contributed by atoms with Crippen molar-refractivity contribution in [3.63, 3.8) is 0 Å². The van der Waals surface area contributed by atoms with Gasteiger partial charge in [-0.1, -0.05) is 60.5 Å². The molecule has 5 rings (SSSR count). The number of ketones is 1. The maximum atomic E-state index is 12.9. The number of Topliss-reactive ketones (excluding diaryl/α,β-unsaturated/α-hetero) is 1. The Balaban J connectivity index is 0.000000967. The molecule has 7 unspecified atom stereocenters. The molecule has 0 saturated heterocycles. The molecule has 3 heteroatoms. The first-order valence-corrected chi connectivity index (χ1v) is 14.8. The molecule has 0 bridgehead atoms. The van der Waals surface area contributed by atoms with Crippen molar-refractivity contribution in [3.8, 4) is 6.07 Å². The molecule has 200 valence electrons. The van der Waals surface area contributed by atoms with Crippen LogP contribution < -0.4 is 0 Å². The molecule has 0 aromatic carbocycles. The average molecular weight is 493 g/mol. The van der Waals surface area contributed by atoms with E-state index in [4.69, 9.17) is 10.3 Å². The molecular weight excluding hydrogens is 440 g/mol. The largest absolute Gasteiger partial charge is 0.299 e. The van der Waals surface area contributed by atoms with Gasteiger partial charge < -0.3 is 0 Å². The fourth-order valence-electron chi connectivity index (χ4n) is 10.4. The van der Waals surface area contributed by atoms with E-state index in [0.717, 1.165) is 18.8 Å². The second-order valence-corrected chi connectivity index (χ2v) is 14.9. The van der Waals surface area contributed by atoms with Gasteiger partial charge in [-0.05, 0) is 96.9 Å². The molecule has 0 aliphatic heterocycles. The minimum absolute atomic E-state index is 0.135. The van der Waals surface area contributed by atoms with Gasteiger partial charge in [-0.3, -0.25) is 9.79 Å². The van der Waals surface area contributed by atoms with Crippen LogP contribution in [0.15, 0.2) is 16.6 Å². The van der Waals surface area contributed by atoms with E-state index in [0.29, 0.717) is 34.4 Å². The SMILES string of the molecule is CC#N.CCC12CCC3C(C(=NC)C=C4C3(C)CCC3C(C)(C)C(=O)CCC43C)C1CC(C)(C)CC2. The zero-order valence-corrected chi connectivity index (χ0v) is 24.8. The van der Waals surface area contributed by atoms with E-state index in [-0.39, 0.29) is 16.2 Å². The molecule has 4 fully saturated rings. The normalized spacial score (nSPS) is 45.5. The van der Waals surface area contributed by atoms with Crippen LogP contribution in [0.3, 0.4) is 0 Å². The van der Waals surface area contributed by atoms with Crippen molar-refractivity contribution < 1.29 is 4.79 Å². The van der Waals surface area contributed by atoms with Crippen molar-refractivity contribution in [3.05, 3.63) is 11.6 Å². The van der Waals surface area contributed by atoms with E-state index in [9.17, 15) is 4.79 Å². The van der Waals surface area contributed by atoms with Gasteiger partial charge in [-0.15, -0.1) is 0 Å². The molecule has 5 aliphatic carbocycles. The van der Waals surface area contributed by atoms with Gasteiger partial charge in [0, 0.05) is 37.4 Å². The van der Waals surface area contributed by atoms with Crippen molar-refractivity contribution in [2.75, 3.05) is 7.05 Å². The van der Waals surface area contributed by atoms with Crippen molar-refractivity contribution in [2.45, 2.75) is 120 Å². The summed E-state index contributed by atoms with van der Waals surface area (Å²) < 4.78 is 0. The van der Waals surface area contributed by atoms with Crippen LogP contribution in [0.5, 0.6) is 0 Å². The fourth-order valence-corrected chi connectivity index (χ4v) is 10.4. The van der Waals surface area contributed by atoms with E-state index < -0.39 is 0 Å². The van der Waals surface area contributed by atoms with Crippen molar-refractivity contribution in [1.82, 2.24) is 0 Å². The second kappa shape index (κ2) is 9.10. The second-order valence-electron chi connectivity index (χ2n) is 14.9. The summed E-state index contributed by atoms with van der Waals surface area (Å²) in [6.07, 6.45) is 15.1. The number of fused-ring (bicyclic) bond motifs is 7. The van der Waals surface area contributed by atoms with E-state index in [2.05, 4.69) is 61.6 Å². The maximum Gasteiger partial charge on any atom is 0.138 e. The van der Waals surface area contributed by atoms with Crippen molar-refractivity contribution in [1.29, 1.82) is 5.26 Å². The summed E-state index contributed by atoms with van der Waals surface area (Å²) in [4.78, 5) is 18.0. The number of rotatable bonds is 1.